The van der Waals surface area contributed by atoms with Gasteiger partial charge in [0.15, 0.2) is 0 Å². The highest BCUT2D eigenvalue weighted by atomic mass is 28.4. The second-order valence-electron chi connectivity index (χ2n) is 4.96. The Morgan fingerprint density at radius 2 is 1.59 bits per heavy atom. The highest BCUT2D eigenvalue weighted by molar-refractivity contribution is 6.67. The van der Waals surface area contributed by atoms with Gasteiger partial charge in [-0.1, -0.05) is 6.42 Å². The van der Waals surface area contributed by atoms with Crippen molar-refractivity contribution in [2.24, 2.45) is 11.8 Å². The number of hydrogen-bond acceptors (Lipinski definition) is 3. The van der Waals surface area contributed by atoms with E-state index >= 15 is 0 Å². The lowest BCUT2D eigenvalue weighted by atomic mass is 10.0. The minimum atomic E-state index is -2.50. The van der Waals surface area contributed by atoms with Crippen LogP contribution in [0, 0.1) is 17.4 Å². The van der Waals surface area contributed by atoms with Gasteiger partial charge in [0, 0.05) is 19.8 Å². The molecule has 4 heteroatoms. The van der Waals surface area contributed by atoms with Crippen LogP contribution >= 0.6 is 0 Å². The fourth-order valence-electron chi connectivity index (χ4n) is 3.40. The third-order valence-corrected chi connectivity index (χ3v) is 7.34. The first-order valence-corrected chi connectivity index (χ1v) is 8.76. The summed E-state index contributed by atoms with van der Waals surface area (Å²) in [6.45, 7) is 8.17. The molecule has 0 amide bonds. The molecule has 0 spiro atoms. The third-order valence-electron chi connectivity index (χ3n) is 3.94. The Morgan fingerprint density at radius 3 is 1.94 bits per heavy atom. The van der Waals surface area contributed by atoms with E-state index in [4.69, 9.17) is 13.3 Å². The maximum Gasteiger partial charge on any atom is 0.508 e. The maximum atomic E-state index is 6.00. The van der Waals surface area contributed by atoms with E-state index in [2.05, 4.69) is 0 Å². The first-order chi connectivity index (χ1) is 8.25. The molecule has 17 heavy (non-hydrogen) atoms. The van der Waals surface area contributed by atoms with Crippen LogP contribution < -0.4 is 0 Å². The Labute approximate surface area is 106 Å². The summed E-state index contributed by atoms with van der Waals surface area (Å²) in [7, 11) is -2.50. The molecule has 2 unspecified atom stereocenters. The molecule has 2 bridgehead atoms. The Hall–Kier alpha value is 0.0969. The first kappa shape index (κ1) is 13.5. The van der Waals surface area contributed by atoms with Crippen molar-refractivity contribution in [2.45, 2.75) is 46.5 Å². The molecule has 2 fully saturated rings. The molecular weight excluding hydrogens is 232 g/mol. The van der Waals surface area contributed by atoms with Crippen LogP contribution in [0.15, 0.2) is 0 Å². The van der Waals surface area contributed by atoms with Gasteiger partial charge in [0.05, 0.1) is 5.54 Å². The van der Waals surface area contributed by atoms with Crippen molar-refractivity contribution in [1.82, 2.24) is 0 Å². The van der Waals surface area contributed by atoms with Crippen LogP contribution in [0.4, 0.5) is 0 Å². The van der Waals surface area contributed by atoms with E-state index in [9.17, 15) is 0 Å². The van der Waals surface area contributed by atoms with Gasteiger partial charge >= 0.3 is 8.80 Å². The van der Waals surface area contributed by atoms with Gasteiger partial charge in [-0.2, -0.15) is 0 Å². The van der Waals surface area contributed by atoms with Crippen molar-refractivity contribution in [3.8, 4) is 0 Å². The van der Waals surface area contributed by atoms with Crippen molar-refractivity contribution in [3.05, 3.63) is 5.54 Å². The van der Waals surface area contributed by atoms with Crippen molar-refractivity contribution < 1.29 is 13.3 Å². The smallest absolute Gasteiger partial charge is 0.373 e. The lowest BCUT2D eigenvalue weighted by Crippen LogP contribution is -2.53. The summed E-state index contributed by atoms with van der Waals surface area (Å²) < 4.78 is 18.0. The molecule has 1 radical (unpaired) electrons. The molecule has 0 heterocycles. The zero-order valence-corrected chi connectivity index (χ0v) is 12.3. The zero-order valence-electron chi connectivity index (χ0n) is 11.3. The summed E-state index contributed by atoms with van der Waals surface area (Å²) in [5.74, 6) is 1.60. The quantitative estimate of drug-likeness (QED) is 0.656. The number of fused-ring (bicyclic) bond motifs is 2. The molecular formula is C13H25O3Si. The van der Waals surface area contributed by atoms with Crippen LogP contribution in [0.1, 0.15) is 46.5 Å². The third kappa shape index (κ3) is 2.60. The SMILES string of the molecule is CCO[Si](OCC)(OCC)[C]1CC2CCC1C2. The van der Waals surface area contributed by atoms with Gasteiger partial charge in [0.1, 0.15) is 0 Å². The van der Waals surface area contributed by atoms with E-state index in [1.165, 1.54) is 31.2 Å². The average molecular weight is 257 g/mol. The van der Waals surface area contributed by atoms with E-state index in [0.29, 0.717) is 19.8 Å². The summed E-state index contributed by atoms with van der Waals surface area (Å²) in [5.41, 5.74) is 1.50. The molecule has 0 aromatic rings. The molecule has 2 rings (SSSR count). The normalized spacial score (nSPS) is 29.1. The molecule has 2 aliphatic rings. The van der Waals surface area contributed by atoms with Gasteiger partial charge in [-0.25, -0.2) is 0 Å². The predicted molar refractivity (Wildman–Crippen MR) is 69.3 cm³/mol. The van der Waals surface area contributed by atoms with Crippen molar-refractivity contribution in [1.29, 1.82) is 0 Å². The first-order valence-electron chi connectivity index (χ1n) is 7.03. The largest absolute Gasteiger partial charge is 0.508 e. The van der Waals surface area contributed by atoms with Crippen molar-refractivity contribution >= 4 is 8.80 Å². The minimum Gasteiger partial charge on any atom is -0.373 e. The second-order valence-corrected chi connectivity index (χ2v) is 7.58. The van der Waals surface area contributed by atoms with Gasteiger partial charge in [0.25, 0.3) is 0 Å². The monoisotopic (exact) mass is 257 g/mol. The molecule has 2 atom stereocenters. The van der Waals surface area contributed by atoms with Crippen LogP contribution in [0.5, 0.6) is 0 Å². The van der Waals surface area contributed by atoms with Crippen LogP contribution in [-0.4, -0.2) is 28.6 Å². The fraction of sp³-hybridized carbons (Fsp3) is 0.923. The van der Waals surface area contributed by atoms with Crippen molar-refractivity contribution in [3.63, 3.8) is 0 Å². The van der Waals surface area contributed by atoms with Crippen LogP contribution in [0.25, 0.3) is 0 Å². The predicted octanol–water partition coefficient (Wildman–Crippen LogP) is 2.97. The zero-order chi connectivity index (χ0) is 12.3. The van der Waals surface area contributed by atoms with Gasteiger partial charge in [-0.15, -0.1) is 0 Å². The van der Waals surface area contributed by atoms with Gasteiger partial charge in [-0.3, -0.25) is 0 Å². The van der Waals surface area contributed by atoms with Gasteiger partial charge < -0.3 is 13.3 Å². The summed E-state index contributed by atoms with van der Waals surface area (Å²) >= 11 is 0. The molecule has 2 saturated carbocycles. The van der Waals surface area contributed by atoms with E-state index in [1.807, 2.05) is 20.8 Å². The summed E-state index contributed by atoms with van der Waals surface area (Å²) in [6.07, 6.45) is 5.25. The highest BCUT2D eigenvalue weighted by Gasteiger charge is 2.58. The standard InChI is InChI=1S/C13H25O3Si/c1-4-14-17(15-5-2,16-6-3)13-10-11-7-8-12(13)9-11/h11-12H,4-10H2,1-3H3. The number of hydrogen-bond donors (Lipinski definition) is 0. The molecule has 99 valence electrons. The van der Waals surface area contributed by atoms with E-state index < -0.39 is 8.80 Å². The topological polar surface area (TPSA) is 27.7 Å². The van der Waals surface area contributed by atoms with Crippen LogP contribution in [0.3, 0.4) is 0 Å². The average Bonchev–Trinajstić information content (AvgIpc) is 2.91. The summed E-state index contributed by atoms with van der Waals surface area (Å²) in [4.78, 5) is 0. The number of rotatable bonds is 7. The minimum absolute atomic E-state index is 0.688. The molecule has 0 N–H and O–H groups in total. The highest BCUT2D eigenvalue weighted by Crippen LogP contribution is 2.53. The Bertz CT molecular complexity index is 230. The molecule has 0 aromatic carbocycles. The molecule has 3 nitrogen and oxygen atoms in total. The Balaban J connectivity index is 2.12. The fourth-order valence-corrected chi connectivity index (χ4v) is 6.65. The Morgan fingerprint density at radius 1 is 1.00 bits per heavy atom. The lowest BCUT2D eigenvalue weighted by Gasteiger charge is -2.36. The second kappa shape index (κ2) is 5.82. The van der Waals surface area contributed by atoms with Crippen molar-refractivity contribution in [2.75, 3.05) is 19.8 Å². The van der Waals surface area contributed by atoms with Crippen LogP contribution in [0.2, 0.25) is 0 Å². The van der Waals surface area contributed by atoms with Gasteiger partial charge in [-0.05, 0) is 51.9 Å². The van der Waals surface area contributed by atoms with E-state index in [0.717, 1.165) is 11.8 Å². The van der Waals surface area contributed by atoms with Gasteiger partial charge in [0.2, 0.25) is 0 Å². The van der Waals surface area contributed by atoms with Crippen LogP contribution in [-0.2, 0) is 13.3 Å². The van der Waals surface area contributed by atoms with E-state index in [-0.39, 0.29) is 0 Å². The molecule has 0 saturated heterocycles. The van der Waals surface area contributed by atoms with E-state index in [1.54, 1.807) is 0 Å². The summed E-state index contributed by atoms with van der Waals surface area (Å²) in [6, 6.07) is 0. The lowest BCUT2D eigenvalue weighted by molar-refractivity contribution is 0.0688. The Kier molecular flexibility index (Phi) is 4.63. The maximum absolute atomic E-state index is 6.00. The molecule has 2 aliphatic carbocycles. The molecule has 0 aromatic heterocycles. The summed E-state index contributed by atoms with van der Waals surface area (Å²) in [5, 5.41) is 0. The molecule has 0 aliphatic heterocycles.